The number of aliphatic hydroxyl groups is 2. The first kappa shape index (κ1) is 14.4. The number of aliphatic hydroxyl groups excluding tert-OH is 2. The van der Waals surface area contributed by atoms with E-state index in [0.29, 0.717) is 19.6 Å². The highest BCUT2D eigenvalue weighted by atomic mass is 16.3. The lowest BCUT2D eigenvalue weighted by Gasteiger charge is -2.18. The molecule has 0 saturated carbocycles. The van der Waals surface area contributed by atoms with Crippen molar-refractivity contribution in [3.63, 3.8) is 0 Å². The van der Waals surface area contributed by atoms with E-state index in [9.17, 15) is 0 Å². The van der Waals surface area contributed by atoms with Gasteiger partial charge in [0.05, 0.1) is 13.2 Å². The van der Waals surface area contributed by atoms with Gasteiger partial charge in [-0.25, -0.2) is 0 Å². The average Bonchev–Trinajstić information content (AvgIpc) is 2.10. The maximum Gasteiger partial charge on any atom is 0.0558 e. The van der Waals surface area contributed by atoms with Crippen molar-refractivity contribution in [2.24, 2.45) is 5.73 Å². The molecule has 0 saturated heterocycles. The maximum atomic E-state index is 8.53. The van der Waals surface area contributed by atoms with Crippen molar-refractivity contribution >= 4 is 0 Å². The molecule has 4 heteroatoms. The summed E-state index contributed by atoms with van der Waals surface area (Å²) in [5.74, 6) is 0. The second-order valence-electron chi connectivity index (χ2n) is 2.08. The second-order valence-corrected chi connectivity index (χ2v) is 2.08. The molecule has 0 radical (unpaired) electrons. The average molecular weight is 178 g/mol. The topological polar surface area (TPSA) is 69.7 Å². The number of nitrogens with zero attached hydrogens (tertiary/aromatic N) is 1. The van der Waals surface area contributed by atoms with Crippen molar-refractivity contribution in [1.29, 1.82) is 0 Å². The highest BCUT2D eigenvalue weighted by Crippen LogP contribution is 1.83. The van der Waals surface area contributed by atoms with E-state index in [1.807, 2.05) is 18.7 Å². The lowest BCUT2D eigenvalue weighted by atomic mass is 10.4. The van der Waals surface area contributed by atoms with Crippen LogP contribution in [0.25, 0.3) is 0 Å². The molecule has 0 aliphatic heterocycles. The lowest BCUT2D eigenvalue weighted by Crippen LogP contribution is -2.34. The van der Waals surface area contributed by atoms with Crippen molar-refractivity contribution < 1.29 is 10.2 Å². The van der Waals surface area contributed by atoms with Crippen molar-refractivity contribution in [1.82, 2.24) is 4.90 Å². The van der Waals surface area contributed by atoms with E-state index in [4.69, 9.17) is 15.9 Å². The molecule has 0 amide bonds. The van der Waals surface area contributed by atoms with Crippen molar-refractivity contribution in [2.45, 2.75) is 13.8 Å². The van der Waals surface area contributed by atoms with Crippen LogP contribution in [0.1, 0.15) is 13.8 Å². The Morgan fingerprint density at radius 2 is 1.42 bits per heavy atom. The van der Waals surface area contributed by atoms with Crippen LogP contribution in [0.3, 0.4) is 0 Å². The Labute approximate surface area is 75.0 Å². The van der Waals surface area contributed by atoms with Crippen LogP contribution >= 0.6 is 0 Å². The van der Waals surface area contributed by atoms with Gasteiger partial charge in [0.15, 0.2) is 0 Å². The van der Waals surface area contributed by atoms with E-state index in [1.165, 1.54) is 0 Å². The van der Waals surface area contributed by atoms with Gasteiger partial charge in [-0.2, -0.15) is 0 Å². The van der Waals surface area contributed by atoms with Crippen LogP contribution in [0, 0.1) is 0 Å². The SMILES string of the molecule is CC.NCCN(CCO)CCO. The summed E-state index contributed by atoms with van der Waals surface area (Å²) in [4.78, 5) is 1.92. The Morgan fingerprint density at radius 3 is 1.67 bits per heavy atom. The minimum absolute atomic E-state index is 0.125. The predicted octanol–water partition coefficient (Wildman–Crippen LogP) is -0.742. The summed E-state index contributed by atoms with van der Waals surface area (Å²) in [7, 11) is 0. The molecule has 0 fully saturated rings. The first-order valence-corrected chi connectivity index (χ1v) is 4.49. The molecule has 4 nitrogen and oxygen atoms in total. The van der Waals surface area contributed by atoms with Crippen LogP contribution in [-0.4, -0.2) is 54.5 Å². The Hall–Kier alpha value is -0.160. The molecule has 12 heavy (non-hydrogen) atoms. The highest BCUT2D eigenvalue weighted by Gasteiger charge is 1.99. The fraction of sp³-hybridized carbons (Fsp3) is 1.00. The van der Waals surface area contributed by atoms with Crippen LogP contribution < -0.4 is 5.73 Å². The van der Waals surface area contributed by atoms with Gasteiger partial charge in [-0.1, -0.05) is 13.8 Å². The highest BCUT2D eigenvalue weighted by molar-refractivity contribution is 4.55. The minimum atomic E-state index is 0.125. The minimum Gasteiger partial charge on any atom is -0.395 e. The zero-order valence-electron chi connectivity index (χ0n) is 8.16. The van der Waals surface area contributed by atoms with Crippen molar-refractivity contribution in [2.75, 3.05) is 39.4 Å². The molecule has 0 aromatic rings. The summed E-state index contributed by atoms with van der Waals surface area (Å²) < 4.78 is 0. The Bertz CT molecular complexity index is 57.8. The summed E-state index contributed by atoms with van der Waals surface area (Å²) in [6.07, 6.45) is 0. The molecule has 0 aliphatic rings. The number of nitrogens with two attached hydrogens (primary N) is 1. The monoisotopic (exact) mass is 178 g/mol. The molecule has 0 unspecified atom stereocenters. The van der Waals surface area contributed by atoms with Crippen LogP contribution in [0.4, 0.5) is 0 Å². The van der Waals surface area contributed by atoms with E-state index >= 15 is 0 Å². The third-order valence-electron chi connectivity index (χ3n) is 1.28. The first-order valence-electron chi connectivity index (χ1n) is 4.49. The van der Waals surface area contributed by atoms with E-state index in [2.05, 4.69) is 0 Å². The van der Waals surface area contributed by atoms with Gasteiger partial charge >= 0.3 is 0 Å². The molecule has 0 aromatic heterocycles. The fourth-order valence-electron chi connectivity index (χ4n) is 0.801. The summed E-state index contributed by atoms with van der Waals surface area (Å²) in [5, 5.41) is 17.1. The van der Waals surface area contributed by atoms with E-state index in [1.54, 1.807) is 0 Å². The zero-order chi connectivity index (χ0) is 9.82. The quantitative estimate of drug-likeness (QED) is 0.501. The summed E-state index contributed by atoms with van der Waals surface area (Å²) in [6.45, 7) is 6.75. The molecule has 0 rings (SSSR count). The van der Waals surface area contributed by atoms with Gasteiger partial charge < -0.3 is 15.9 Å². The molecule has 76 valence electrons. The van der Waals surface area contributed by atoms with Gasteiger partial charge in [0.25, 0.3) is 0 Å². The van der Waals surface area contributed by atoms with Crippen molar-refractivity contribution in [3.05, 3.63) is 0 Å². The Balaban J connectivity index is 0. The van der Waals surface area contributed by atoms with Gasteiger partial charge in [0.2, 0.25) is 0 Å². The van der Waals surface area contributed by atoms with Gasteiger partial charge in [-0.05, 0) is 0 Å². The van der Waals surface area contributed by atoms with E-state index in [0.717, 1.165) is 6.54 Å². The van der Waals surface area contributed by atoms with Crippen molar-refractivity contribution in [3.8, 4) is 0 Å². The third kappa shape index (κ3) is 9.84. The van der Waals surface area contributed by atoms with Gasteiger partial charge in [-0.3, -0.25) is 4.90 Å². The molecular formula is C8H22N2O2. The van der Waals surface area contributed by atoms with Crippen LogP contribution in [0.2, 0.25) is 0 Å². The van der Waals surface area contributed by atoms with E-state index < -0.39 is 0 Å². The first-order chi connectivity index (χ1) is 5.85. The Morgan fingerprint density at radius 1 is 1.00 bits per heavy atom. The maximum absolute atomic E-state index is 8.53. The summed E-state index contributed by atoms with van der Waals surface area (Å²) >= 11 is 0. The zero-order valence-corrected chi connectivity index (χ0v) is 8.16. The predicted molar refractivity (Wildman–Crippen MR) is 51.0 cm³/mol. The van der Waals surface area contributed by atoms with Gasteiger partial charge in [0, 0.05) is 26.2 Å². The molecule has 0 atom stereocenters. The standard InChI is InChI=1S/C6H16N2O2.C2H6/c7-1-2-8(3-5-9)4-6-10;1-2/h9-10H,1-7H2;1-2H3. The molecule has 0 bridgehead atoms. The molecule has 0 aliphatic carbocycles. The second kappa shape index (κ2) is 13.4. The summed E-state index contributed by atoms with van der Waals surface area (Å²) in [6, 6.07) is 0. The van der Waals surface area contributed by atoms with E-state index in [-0.39, 0.29) is 13.2 Å². The lowest BCUT2D eigenvalue weighted by molar-refractivity contribution is 0.164. The third-order valence-corrected chi connectivity index (χ3v) is 1.28. The smallest absolute Gasteiger partial charge is 0.0558 e. The molecule has 0 aromatic carbocycles. The fourth-order valence-corrected chi connectivity index (χ4v) is 0.801. The van der Waals surface area contributed by atoms with Crippen LogP contribution in [-0.2, 0) is 0 Å². The summed E-state index contributed by atoms with van der Waals surface area (Å²) in [5.41, 5.74) is 5.29. The Kier molecular flexibility index (Phi) is 16.1. The van der Waals surface area contributed by atoms with Gasteiger partial charge in [-0.15, -0.1) is 0 Å². The normalized spacial score (nSPS) is 9.50. The van der Waals surface area contributed by atoms with Crippen LogP contribution in [0.15, 0.2) is 0 Å². The molecule has 0 spiro atoms. The van der Waals surface area contributed by atoms with Crippen LogP contribution in [0.5, 0.6) is 0 Å². The number of hydrogen-bond acceptors (Lipinski definition) is 4. The molecular weight excluding hydrogens is 156 g/mol. The number of rotatable bonds is 6. The van der Waals surface area contributed by atoms with Gasteiger partial charge in [0.1, 0.15) is 0 Å². The largest absolute Gasteiger partial charge is 0.395 e. The number of hydrogen-bond donors (Lipinski definition) is 3. The molecule has 0 heterocycles. The molecule has 4 N–H and O–H groups in total.